The lowest BCUT2D eigenvalue weighted by Crippen LogP contribution is -2.31. The van der Waals surface area contributed by atoms with Gasteiger partial charge in [-0.15, -0.1) is 5.10 Å². The molecule has 7 nitrogen and oxygen atoms in total. The van der Waals surface area contributed by atoms with Crippen LogP contribution >= 0.6 is 11.8 Å². The molecule has 1 amide bonds. The number of allylic oxidation sites excluding steroid dienone is 1. The number of nitrogens with one attached hydrogen (secondary N) is 2. The molecule has 8 heteroatoms. The van der Waals surface area contributed by atoms with E-state index in [1.807, 2.05) is 85.3 Å². The van der Waals surface area contributed by atoms with Crippen molar-refractivity contribution in [1.82, 2.24) is 14.8 Å². The summed E-state index contributed by atoms with van der Waals surface area (Å²) in [5, 5.41) is 11.9. The molecule has 39 heavy (non-hydrogen) atoms. The van der Waals surface area contributed by atoms with Crippen LogP contribution in [0.1, 0.15) is 49.4 Å². The lowest BCUT2D eigenvalue weighted by molar-refractivity contribution is -0.113. The van der Waals surface area contributed by atoms with Crippen molar-refractivity contribution in [3.63, 3.8) is 0 Å². The number of unbranched alkanes of at least 4 members (excludes halogenated alkanes) is 1. The Bertz CT molecular complexity index is 1460. The van der Waals surface area contributed by atoms with E-state index >= 15 is 0 Å². The van der Waals surface area contributed by atoms with E-state index in [1.165, 1.54) is 5.56 Å². The molecule has 1 atom stereocenters. The summed E-state index contributed by atoms with van der Waals surface area (Å²) in [5.74, 6) is 2.00. The lowest BCUT2D eigenvalue weighted by atomic mass is 9.95. The van der Waals surface area contributed by atoms with Crippen LogP contribution in [0.25, 0.3) is 0 Å². The average Bonchev–Trinajstić information content (AvgIpc) is 3.34. The van der Waals surface area contributed by atoms with Crippen molar-refractivity contribution in [2.75, 3.05) is 17.2 Å². The zero-order valence-corrected chi connectivity index (χ0v) is 23.3. The molecular formula is C31H33N5O2S. The van der Waals surface area contributed by atoms with Crippen molar-refractivity contribution in [3.05, 3.63) is 107 Å². The van der Waals surface area contributed by atoms with Gasteiger partial charge in [-0.3, -0.25) is 4.79 Å². The first-order valence-electron chi connectivity index (χ1n) is 13.2. The standard InChI is InChI=1S/C31H33N5O2S/c1-4-5-18-38-26-16-14-24(15-17-26)28-27(29(37)33-25-13-9-10-21(2)19-25)22(3)32-30-34-31(35-36(28)30)39-20-23-11-7-6-8-12-23/h6-17,19,28H,4-5,18,20H2,1-3H3,(H,33,37)(H,32,34,35). The highest BCUT2D eigenvalue weighted by Gasteiger charge is 2.34. The Morgan fingerprint density at radius 1 is 1.05 bits per heavy atom. The number of benzene rings is 3. The maximum absolute atomic E-state index is 13.7. The number of hydrogen-bond acceptors (Lipinski definition) is 6. The SMILES string of the molecule is CCCCOc1ccc(C2C(C(=O)Nc3cccc(C)c3)=C(C)Nc3nc(SCc4ccccc4)nn32)cc1. The molecule has 0 spiro atoms. The van der Waals surface area contributed by atoms with Crippen molar-refractivity contribution in [3.8, 4) is 5.75 Å². The summed E-state index contributed by atoms with van der Waals surface area (Å²) in [6, 6.07) is 25.5. The Balaban J connectivity index is 1.46. The van der Waals surface area contributed by atoms with Gasteiger partial charge in [-0.2, -0.15) is 4.98 Å². The van der Waals surface area contributed by atoms with E-state index in [9.17, 15) is 4.79 Å². The largest absolute Gasteiger partial charge is 0.494 e. The van der Waals surface area contributed by atoms with E-state index in [-0.39, 0.29) is 5.91 Å². The molecule has 4 aromatic rings. The van der Waals surface area contributed by atoms with Gasteiger partial charge < -0.3 is 15.4 Å². The molecule has 0 radical (unpaired) electrons. The van der Waals surface area contributed by atoms with E-state index in [2.05, 4.69) is 29.7 Å². The quantitative estimate of drug-likeness (QED) is 0.167. The second-order valence-corrected chi connectivity index (χ2v) is 10.5. The second-order valence-electron chi connectivity index (χ2n) is 9.60. The molecule has 200 valence electrons. The molecule has 3 aromatic carbocycles. The Morgan fingerprint density at radius 2 is 1.85 bits per heavy atom. The Hall–Kier alpha value is -4.04. The molecule has 1 aliphatic rings. The van der Waals surface area contributed by atoms with Crippen LogP contribution in [0.15, 0.2) is 95.3 Å². The minimum atomic E-state index is -0.450. The summed E-state index contributed by atoms with van der Waals surface area (Å²) >= 11 is 1.57. The highest BCUT2D eigenvalue weighted by Crippen LogP contribution is 2.37. The molecule has 0 aliphatic carbocycles. The third-order valence-electron chi connectivity index (χ3n) is 6.53. The first-order valence-corrected chi connectivity index (χ1v) is 14.2. The van der Waals surface area contributed by atoms with Gasteiger partial charge in [0.1, 0.15) is 11.8 Å². The zero-order valence-electron chi connectivity index (χ0n) is 22.5. The van der Waals surface area contributed by atoms with Gasteiger partial charge >= 0.3 is 0 Å². The van der Waals surface area contributed by atoms with Crippen LogP contribution in [0.5, 0.6) is 5.75 Å². The van der Waals surface area contributed by atoms with Crippen LogP contribution in [0, 0.1) is 6.92 Å². The van der Waals surface area contributed by atoms with Crippen molar-refractivity contribution >= 4 is 29.3 Å². The number of rotatable bonds is 10. The normalized spacial score (nSPS) is 14.5. The topological polar surface area (TPSA) is 81.1 Å². The molecule has 1 aromatic heterocycles. The van der Waals surface area contributed by atoms with Gasteiger partial charge in [-0.1, -0.05) is 79.7 Å². The monoisotopic (exact) mass is 539 g/mol. The van der Waals surface area contributed by atoms with Crippen LogP contribution in [0.2, 0.25) is 0 Å². The van der Waals surface area contributed by atoms with Crippen molar-refractivity contribution in [2.45, 2.75) is 50.6 Å². The van der Waals surface area contributed by atoms with E-state index in [1.54, 1.807) is 11.8 Å². The number of carbonyl (C=O) groups is 1. The van der Waals surface area contributed by atoms with Crippen LogP contribution < -0.4 is 15.4 Å². The number of anilines is 2. The van der Waals surface area contributed by atoms with Crippen LogP contribution in [-0.4, -0.2) is 27.3 Å². The maximum Gasteiger partial charge on any atom is 0.255 e. The molecule has 0 saturated heterocycles. The predicted molar refractivity (Wildman–Crippen MR) is 157 cm³/mol. The van der Waals surface area contributed by atoms with Gasteiger partial charge in [0.15, 0.2) is 0 Å². The molecule has 0 bridgehead atoms. The summed E-state index contributed by atoms with van der Waals surface area (Å²) < 4.78 is 7.70. The molecule has 0 saturated carbocycles. The number of ether oxygens (including phenoxy) is 1. The fraction of sp³-hybridized carbons (Fsp3) is 0.258. The van der Waals surface area contributed by atoms with E-state index in [4.69, 9.17) is 14.8 Å². The lowest BCUT2D eigenvalue weighted by Gasteiger charge is -2.28. The summed E-state index contributed by atoms with van der Waals surface area (Å²) in [5.41, 5.74) is 5.29. The van der Waals surface area contributed by atoms with E-state index < -0.39 is 6.04 Å². The minimum absolute atomic E-state index is 0.182. The summed E-state index contributed by atoms with van der Waals surface area (Å²) in [4.78, 5) is 18.5. The molecule has 2 heterocycles. The zero-order chi connectivity index (χ0) is 27.2. The first kappa shape index (κ1) is 26.6. The van der Waals surface area contributed by atoms with Gasteiger partial charge in [-0.25, -0.2) is 4.68 Å². The Labute approximate surface area is 233 Å². The van der Waals surface area contributed by atoms with Crippen LogP contribution in [-0.2, 0) is 10.5 Å². The number of nitrogens with zero attached hydrogens (tertiary/aromatic N) is 3. The average molecular weight is 540 g/mol. The fourth-order valence-electron chi connectivity index (χ4n) is 4.52. The van der Waals surface area contributed by atoms with E-state index in [0.29, 0.717) is 23.3 Å². The third-order valence-corrected chi connectivity index (χ3v) is 7.44. The Morgan fingerprint density at radius 3 is 2.59 bits per heavy atom. The van der Waals surface area contributed by atoms with Crippen molar-refractivity contribution in [2.24, 2.45) is 0 Å². The molecule has 2 N–H and O–H groups in total. The highest BCUT2D eigenvalue weighted by molar-refractivity contribution is 7.98. The van der Waals surface area contributed by atoms with E-state index in [0.717, 1.165) is 46.9 Å². The van der Waals surface area contributed by atoms with Gasteiger partial charge in [0.2, 0.25) is 11.1 Å². The summed E-state index contributed by atoms with van der Waals surface area (Å²) in [6.45, 7) is 6.74. The fourth-order valence-corrected chi connectivity index (χ4v) is 5.30. The number of amides is 1. The number of fused-ring (bicyclic) bond motifs is 1. The second kappa shape index (κ2) is 12.2. The number of aryl methyl sites for hydroxylation is 1. The van der Waals surface area contributed by atoms with Gasteiger partial charge in [0.25, 0.3) is 5.91 Å². The number of hydrogen-bond donors (Lipinski definition) is 2. The van der Waals surface area contributed by atoms with Crippen molar-refractivity contribution < 1.29 is 9.53 Å². The number of thioether (sulfide) groups is 1. The smallest absolute Gasteiger partial charge is 0.255 e. The van der Waals surface area contributed by atoms with Crippen LogP contribution in [0.4, 0.5) is 11.6 Å². The molecule has 5 rings (SSSR count). The van der Waals surface area contributed by atoms with Gasteiger partial charge in [0, 0.05) is 17.1 Å². The summed E-state index contributed by atoms with van der Waals surface area (Å²) in [6.07, 6.45) is 2.09. The molecule has 1 aliphatic heterocycles. The molecular weight excluding hydrogens is 506 g/mol. The molecule has 0 fully saturated rings. The van der Waals surface area contributed by atoms with Gasteiger partial charge in [-0.05, 0) is 61.2 Å². The first-order chi connectivity index (χ1) is 19.0. The molecule has 1 unspecified atom stereocenters. The number of aromatic nitrogens is 3. The minimum Gasteiger partial charge on any atom is -0.494 e. The predicted octanol–water partition coefficient (Wildman–Crippen LogP) is 6.99. The maximum atomic E-state index is 13.7. The third kappa shape index (κ3) is 6.34. The van der Waals surface area contributed by atoms with Crippen LogP contribution in [0.3, 0.4) is 0 Å². The Kier molecular flexibility index (Phi) is 8.32. The van der Waals surface area contributed by atoms with Crippen molar-refractivity contribution in [1.29, 1.82) is 0 Å². The number of carbonyl (C=O) groups excluding carboxylic acids is 1. The highest BCUT2D eigenvalue weighted by atomic mass is 32.2. The van der Waals surface area contributed by atoms with Gasteiger partial charge in [0.05, 0.1) is 12.2 Å². The summed E-state index contributed by atoms with van der Waals surface area (Å²) in [7, 11) is 0.